The topological polar surface area (TPSA) is 61.8 Å². The third-order valence-electron chi connectivity index (χ3n) is 5.00. The van der Waals surface area contributed by atoms with Gasteiger partial charge in [-0.05, 0) is 38.2 Å². The zero-order valence-electron chi connectivity index (χ0n) is 15.6. The second kappa shape index (κ2) is 9.39. The van der Waals surface area contributed by atoms with Crippen molar-refractivity contribution in [1.82, 2.24) is 10.2 Å². The van der Waals surface area contributed by atoms with E-state index in [-0.39, 0.29) is 35.6 Å². The minimum atomic E-state index is -2.83. The van der Waals surface area contributed by atoms with Crippen LogP contribution in [0.5, 0.6) is 0 Å². The van der Waals surface area contributed by atoms with Crippen molar-refractivity contribution >= 4 is 39.8 Å². The van der Waals surface area contributed by atoms with Crippen molar-refractivity contribution in [3.63, 3.8) is 0 Å². The van der Waals surface area contributed by atoms with Gasteiger partial charge in [0.2, 0.25) is 0 Å². The zero-order chi connectivity index (χ0) is 17.9. The van der Waals surface area contributed by atoms with Gasteiger partial charge in [-0.1, -0.05) is 30.3 Å². The lowest BCUT2D eigenvalue weighted by Crippen LogP contribution is -2.43. The van der Waals surface area contributed by atoms with Crippen LogP contribution in [0, 0.1) is 5.92 Å². The maximum absolute atomic E-state index is 11.6. The van der Waals surface area contributed by atoms with E-state index in [1.807, 2.05) is 0 Å². The second-order valence-corrected chi connectivity index (χ2v) is 9.80. The molecule has 5 nitrogen and oxygen atoms in total. The van der Waals surface area contributed by atoms with E-state index in [0.717, 1.165) is 31.9 Å². The molecule has 2 aliphatic heterocycles. The molecule has 3 rings (SSSR count). The van der Waals surface area contributed by atoms with Crippen molar-refractivity contribution in [2.24, 2.45) is 10.9 Å². The molecule has 0 aliphatic carbocycles. The van der Waals surface area contributed by atoms with Gasteiger partial charge in [0.15, 0.2) is 15.8 Å². The molecule has 26 heavy (non-hydrogen) atoms. The van der Waals surface area contributed by atoms with Crippen molar-refractivity contribution in [2.75, 3.05) is 31.1 Å². The first-order chi connectivity index (χ1) is 11.9. The minimum Gasteiger partial charge on any atom is -0.354 e. The lowest BCUT2D eigenvalue weighted by Gasteiger charge is -2.24. The van der Waals surface area contributed by atoms with Crippen LogP contribution >= 0.6 is 24.0 Å². The minimum absolute atomic E-state index is 0. The Bertz CT molecular complexity index is 707. The Hall–Kier alpha value is -0.830. The highest BCUT2D eigenvalue weighted by Gasteiger charge is 2.29. The van der Waals surface area contributed by atoms with Gasteiger partial charge in [0.25, 0.3) is 0 Å². The predicted molar refractivity (Wildman–Crippen MR) is 118 cm³/mol. The molecule has 0 spiro atoms. The lowest BCUT2D eigenvalue weighted by atomic mass is 9.99. The number of likely N-dealkylation sites (tertiary alicyclic amines) is 1. The average Bonchev–Trinajstić information content (AvgIpc) is 3.18. The number of hydrogen-bond donors (Lipinski definition) is 1. The van der Waals surface area contributed by atoms with Gasteiger partial charge in [-0.25, -0.2) is 8.42 Å². The van der Waals surface area contributed by atoms with Crippen molar-refractivity contribution in [2.45, 2.75) is 38.6 Å². The average molecular weight is 491 g/mol. The first-order valence-corrected chi connectivity index (χ1v) is 11.1. The fourth-order valence-electron chi connectivity index (χ4n) is 3.68. The van der Waals surface area contributed by atoms with E-state index in [4.69, 9.17) is 4.99 Å². The van der Waals surface area contributed by atoms with Crippen LogP contribution in [0.15, 0.2) is 35.3 Å². The standard InChI is InChI=1S/C19H29N3O2S.HI/c1-15(2)21-19(20-12-16-9-11-25(23,24)14-16)22-10-8-18(13-22)17-6-4-3-5-7-17;/h3-7,15-16,18H,8-14H2,1-2H3,(H,20,21);1H. The summed E-state index contributed by atoms with van der Waals surface area (Å²) >= 11 is 0. The van der Waals surface area contributed by atoms with Crippen molar-refractivity contribution in [1.29, 1.82) is 0 Å². The Kier molecular flexibility index (Phi) is 7.76. The Balaban J connectivity index is 0.00000243. The third kappa shape index (κ3) is 5.84. The first-order valence-electron chi connectivity index (χ1n) is 9.24. The summed E-state index contributed by atoms with van der Waals surface area (Å²) in [6.45, 7) is 6.77. The van der Waals surface area contributed by atoms with Gasteiger partial charge in [0.1, 0.15) is 0 Å². The second-order valence-electron chi connectivity index (χ2n) is 7.57. The molecule has 0 bridgehead atoms. The molecule has 1 N–H and O–H groups in total. The molecule has 146 valence electrons. The van der Waals surface area contributed by atoms with Gasteiger partial charge in [-0.2, -0.15) is 0 Å². The quantitative estimate of drug-likeness (QED) is 0.400. The van der Waals surface area contributed by atoms with E-state index in [1.165, 1.54) is 5.56 Å². The summed E-state index contributed by atoms with van der Waals surface area (Å²) in [6.07, 6.45) is 1.87. The van der Waals surface area contributed by atoms with E-state index in [2.05, 4.69) is 54.4 Å². The molecule has 2 aliphatic rings. The number of guanidine groups is 1. The van der Waals surface area contributed by atoms with E-state index in [0.29, 0.717) is 24.3 Å². The maximum Gasteiger partial charge on any atom is 0.194 e. The van der Waals surface area contributed by atoms with Gasteiger partial charge in [0.05, 0.1) is 11.5 Å². The Morgan fingerprint density at radius 3 is 2.62 bits per heavy atom. The number of nitrogens with zero attached hydrogens (tertiary/aromatic N) is 2. The summed E-state index contributed by atoms with van der Waals surface area (Å²) in [5.74, 6) is 2.24. The first kappa shape index (κ1) is 21.5. The number of sulfone groups is 1. The van der Waals surface area contributed by atoms with Gasteiger partial charge >= 0.3 is 0 Å². The summed E-state index contributed by atoms with van der Waals surface area (Å²) in [5.41, 5.74) is 1.38. The van der Waals surface area contributed by atoms with Gasteiger partial charge < -0.3 is 10.2 Å². The van der Waals surface area contributed by atoms with E-state index < -0.39 is 9.84 Å². The van der Waals surface area contributed by atoms with E-state index >= 15 is 0 Å². The molecule has 1 aromatic carbocycles. The SMILES string of the molecule is CC(C)NC(=NCC1CCS(=O)(=O)C1)N1CCC(c2ccccc2)C1.I. The molecule has 0 amide bonds. The van der Waals surface area contributed by atoms with Crippen LogP contribution in [0.3, 0.4) is 0 Å². The Morgan fingerprint density at radius 2 is 2.00 bits per heavy atom. The molecule has 2 heterocycles. The molecule has 0 radical (unpaired) electrons. The third-order valence-corrected chi connectivity index (χ3v) is 6.84. The van der Waals surface area contributed by atoms with Crippen molar-refractivity contribution < 1.29 is 8.42 Å². The van der Waals surface area contributed by atoms with Gasteiger partial charge in [-0.3, -0.25) is 4.99 Å². The van der Waals surface area contributed by atoms with Crippen LogP contribution in [0.1, 0.15) is 38.2 Å². The zero-order valence-corrected chi connectivity index (χ0v) is 18.7. The monoisotopic (exact) mass is 491 g/mol. The smallest absolute Gasteiger partial charge is 0.194 e. The van der Waals surface area contributed by atoms with E-state index in [9.17, 15) is 8.42 Å². The molecular weight excluding hydrogens is 461 g/mol. The number of benzene rings is 1. The number of hydrogen-bond acceptors (Lipinski definition) is 3. The highest BCUT2D eigenvalue weighted by molar-refractivity contribution is 14.0. The highest BCUT2D eigenvalue weighted by atomic mass is 127. The fourth-order valence-corrected chi connectivity index (χ4v) is 5.53. The number of rotatable bonds is 4. The molecule has 0 aromatic heterocycles. The summed E-state index contributed by atoms with van der Waals surface area (Å²) in [6, 6.07) is 11.0. The molecule has 2 fully saturated rings. The number of nitrogens with one attached hydrogen (secondary N) is 1. The molecule has 7 heteroatoms. The molecule has 0 saturated carbocycles. The van der Waals surface area contributed by atoms with Gasteiger partial charge in [-0.15, -0.1) is 24.0 Å². The van der Waals surface area contributed by atoms with Crippen LogP contribution in [0.2, 0.25) is 0 Å². The normalized spacial score (nSPS) is 25.3. The van der Waals surface area contributed by atoms with Crippen LogP contribution < -0.4 is 5.32 Å². The summed E-state index contributed by atoms with van der Waals surface area (Å²) in [7, 11) is -2.83. The fraction of sp³-hybridized carbons (Fsp3) is 0.632. The number of halogens is 1. The van der Waals surface area contributed by atoms with Crippen LogP contribution in [0.25, 0.3) is 0 Å². The highest BCUT2D eigenvalue weighted by Crippen LogP contribution is 2.27. The summed E-state index contributed by atoms with van der Waals surface area (Å²) in [4.78, 5) is 7.11. The van der Waals surface area contributed by atoms with Crippen molar-refractivity contribution in [3.05, 3.63) is 35.9 Å². The maximum atomic E-state index is 11.6. The van der Waals surface area contributed by atoms with Crippen LogP contribution in [-0.4, -0.2) is 56.5 Å². The lowest BCUT2D eigenvalue weighted by molar-refractivity contribution is 0.470. The Labute approximate surface area is 174 Å². The largest absolute Gasteiger partial charge is 0.354 e. The molecule has 1 aromatic rings. The van der Waals surface area contributed by atoms with E-state index in [1.54, 1.807) is 0 Å². The molecule has 2 unspecified atom stereocenters. The molecular formula is C19H30IN3O2S. The van der Waals surface area contributed by atoms with Crippen LogP contribution in [-0.2, 0) is 9.84 Å². The van der Waals surface area contributed by atoms with Crippen molar-refractivity contribution in [3.8, 4) is 0 Å². The Morgan fingerprint density at radius 1 is 1.27 bits per heavy atom. The predicted octanol–water partition coefficient (Wildman–Crippen LogP) is 2.88. The summed E-state index contributed by atoms with van der Waals surface area (Å²) in [5, 5.41) is 3.46. The van der Waals surface area contributed by atoms with Crippen LogP contribution in [0.4, 0.5) is 0 Å². The van der Waals surface area contributed by atoms with Gasteiger partial charge in [0, 0.05) is 31.6 Å². The number of aliphatic imine (C=N–C) groups is 1. The molecule has 2 saturated heterocycles. The summed E-state index contributed by atoms with van der Waals surface area (Å²) < 4.78 is 23.3. The molecule has 2 atom stereocenters.